The molecule has 1 atom stereocenters. The van der Waals surface area contributed by atoms with E-state index in [4.69, 9.17) is 4.74 Å². The number of benzene rings is 2. The van der Waals surface area contributed by atoms with Crippen LogP contribution in [0.5, 0.6) is 5.75 Å². The topological polar surface area (TPSA) is 75.7 Å². The quantitative estimate of drug-likeness (QED) is 0.690. The molecular weight excluding hydrogens is 424 g/mol. The second-order valence-corrected chi connectivity index (χ2v) is 10.9. The van der Waals surface area contributed by atoms with Crippen molar-refractivity contribution in [3.63, 3.8) is 0 Å². The fourth-order valence-electron chi connectivity index (χ4n) is 4.20. The number of carbonyl (C=O) groups excluding carboxylic acids is 1. The largest absolute Gasteiger partial charge is 0.496 e. The van der Waals surface area contributed by atoms with Gasteiger partial charge in [0.05, 0.1) is 23.6 Å². The summed E-state index contributed by atoms with van der Waals surface area (Å²) in [6.45, 7) is 11.2. The molecule has 2 aromatic carbocycles. The number of nitrogens with zero attached hydrogens (tertiary/aromatic N) is 1. The fourth-order valence-corrected chi connectivity index (χ4v) is 5.70. The summed E-state index contributed by atoms with van der Waals surface area (Å²) in [6.07, 6.45) is 1.69. The van der Waals surface area contributed by atoms with E-state index in [0.717, 1.165) is 29.5 Å². The van der Waals surface area contributed by atoms with Crippen molar-refractivity contribution in [2.24, 2.45) is 5.92 Å². The molecule has 0 bridgehead atoms. The summed E-state index contributed by atoms with van der Waals surface area (Å²) in [7, 11) is -2.19. The smallest absolute Gasteiger partial charge is 0.255 e. The van der Waals surface area contributed by atoms with E-state index in [9.17, 15) is 13.2 Å². The summed E-state index contributed by atoms with van der Waals surface area (Å²) in [5, 5.41) is 3.01. The number of ether oxygens (including phenoxy) is 1. The molecule has 174 valence electrons. The van der Waals surface area contributed by atoms with Crippen LogP contribution in [-0.2, 0) is 10.0 Å². The summed E-state index contributed by atoms with van der Waals surface area (Å²) in [5.41, 5.74) is 4.71. The second kappa shape index (κ2) is 9.63. The van der Waals surface area contributed by atoms with Gasteiger partial charge in [-0.15, -0.1) is 0 Å². The molecule has 1 N–H and O–H groups in total. The molecule has 2 aromatic rings. The van der Waals surface area contributed by atoms with Crippen LogP contribution in [0.25, 0.3) is 0 Å². The van der Waals surface area contributed by atoms with Crippen LogP contribution in [0, 0.1) is 26.7 Å². The Bertz CT molecular complexity index is 1100. The van der Waals surface area contributed by atoms with E-state index >= 15 is 0 Å². The molecule has 0 radical (unpaired) electrons. The highest BCUT2D eigenvalue weighted by atomic mass is 32.2. The number of amides is 1. The van der Waals surface area contributed by atoms with Crippen LogP contribution < -0.4 is 10.1 Å². The lowest BCUT2D eigenvalue weighted by atomic mass is 9.96. The van der Waals surface area contributed by atoms with Gasteiger partial charge in [0.2, 0.25) is 10.0 Å². The lowest BCUT2D eigenvalue weighted by molar-refractivity contribution is 0.0936. The van der Waals surface area contributed by atoms with Crippen LogP contribution in [0.2, 0.25) is 0 Å². The summed E-state index contributed by atoms with van der Waals surface area (Å²) in [5.74, 6) is 0.503. The van der Waals surface area contributed by atoms with Crippen molar-refractivity contribution >= 4 is 15.9 Å². The second-order valence-electron chi connectivity index (χ2n) is 8.94. The van der Waals surface area contributed by atoms with E-state index in [-0.39, 0.29) is 22.4 Å². The molecule has 1 aliphatic rings. The van der Waals surface area contributed by atoms with Crippen LogP contribution in [0.3, 0.4) is 0 Å². The van der Waals surface area contributed by atoms with Gasteiger partial charge in [-0.2, -0.15) is 4.31 Å². The van der Waals surface area contributed by atoms with Gasteiger partial charge in [0, 0.05) is 13.1 Å². The molecular formula is C25H34N2O4S. The van der Waals surface area contributed by atoms with Crippen LogP contribution in [-0.4, -0.2) is 38.8 Å². The van der Waals surface area contributed by atoms with E-state index in [1.807, 2.05) is 20.8 Å². The summed E-state index contributed by atoms with van der Waals surface area (Å²) >= 11 is 0. The minimum absolute atomic E-state index is 0.119. The van der Waals surface area contributed by atoms with Gasteiger partial charge in [0.1, 0.15) is 5.75 Å². The van der Waals surface area contributed by atoms with Gasteiger partial charge in [-0.1, -0.05) is 19.1 Å². The van der Waals surface area contributed by atoms with E-state index in [1.54, 1.807) is 6.07 Å². The van der Waals surface area contributed by atoms with Crippen molar-refractivity contribution in [2.45, 2.75) is 58.4 Å². The minimum Gasteiger partial charge on any atom is -0.496 e. The third-order valence-electron chi connectivity index (χ3n) is 6.49. The molecule has 32 heavy (non-hydrogen) atoms. The third-order valence-corrected chi connectivity index (χ3v) is 8.39. The predicted octanol–water partition coefficient (Wildman–Crippen LogP) is 4.53. The third kappa shape index (κ3) is 4.99. The SMILES string of the molecule is COc1ccc(S(=O)(=O)N2CCC(C)CC2)cc1C(=O)N[C@H](C)c1cc(C)c(C)cc1C. The molecule has 6 nitrogen and oxygen atoms in total. The highest BCUT2D eigenvalue weighted by Gasteiger charge is 2.29. The van der Waals surface area contributed by atoms with Crippen molar-refractivity contribution in [2.75, 3.05) is 20.2 Å². The predicted molar refractivity (Wildman–Crippen MR) is 127 cm³/mol. The molecule has 0 unspecified atom stereocenters. The van der Waals surface area contributed by atoms with Crippen LogP contribution in [0.15, 0.2) is 35.2 Å². The van der Waals surface area contributed by atoms with Crippen LogP contribution >= 0.6 is 0 Å². The molecule has 1 fully saturated rings. The van der Waals surface area contributed by atoms with Crippen molar-refractivity contribution in [1.82, 2.24) is 9.62 Å². The van der Waals surface area contributed by atoms with Crippen molar-refractivity contribution in [3.05, 3.63) is 58.1 Å². The number of piperidine rings is 1. The monoisotopic (exact) mass is 458 g/mol. The summed E-state index contributed by atoms with van der Waals surface area (Å²) in [4.78, 5) is 13.3. The van der Waals surface area contributed by atoms with E-state index < -0.39 is 10.0 Å². The van der Waals surface area contributed by atoms with Gasteiger partial charge in [-0.05, 0) is 86.9 Å². The Balaban J connectivity index is 1.88. The maximum Gasteiger partial charge on any atom is 0.255 e. The van der Waals surface area contributed by atoms with Crippen molar-refractivity contribution in [1.29, 1.82) is 0 Å². The Kier molecular flexibility index (Phi) is 7.30. The molecule has 7 heteroatoms. The molecule has 3 rings (SSSR count). The number of rotatable bonds is 6. The molecule has 0 spiro atoms. The standard InChI is InChI=1S/C25H34N2O4S/c1-16-9-11-27(12-10-16)32(29,30)21-7-8-24(31-6)23(15-21)25(28)26-20(5)22-14-18(3)17(2)13-19(22)4/h7-8,13-16,20H,9-12H2,1-6H3,(H,26,28)/t20-/m1/s1. The number of aryl methyl sites for hydroxylation is 3. The average Bonchev–Trinajstić information content (AvgIpc) is 2.75. The Morgan fingerprint density at radius 2 is 1.69 bits per heavy atom. The molecule has 0 saturated carbocycles. The number of hydrogen-bond acceptors (Lipinski definition) is 4. The van der Waals surface area contributed by atoms with E-state index in [1.165, 1.54) is 29.1 Å². The van der Waals surface area contributed by atoms with Gasteiger partial charge < -0.3 is 10.1 Å². The minimum atomic E-state index is -3.67. The first-order valence-electron chi connectivity index (χ1n) is 11.1. The first-order valence-corrected chi connectivity index (χ1v) is 12.6. The van der Waals surface area contributed by atoms with Gasteiger partial charge >= 0.3 is 0 Å². The summed E-state index contributed by atoms with van der Waals surface area (Å²) < 4.78 is 33.2. The Hall–Kier alpha value is -2.38. The Morgan fingerprint density at radius 1 is 1.06 bits per heavy atom. The first-order chi connectivity index (χ1) is 15.0. The molecule has 0 aliphatic carbocycles. The lowest BCUT2D eigenvalue weighted by Gasteiger charge is -2.29. The number of nitrogens with one attached hydrogen (secondary N) is 1. The maximum absolute atomic E-state index is 13.2. The Labute approximate surface area is 192 Å². The number of sulfonamides is 1. The van der Waals surface area contributed by atoms with Gasteiger partial charge in [0.25, 0.3) is 5.91 Å². The van der Waals surface area contributed by atoms with E-state index in [0.29, 0.717) is 24.8 Å². The highest BCUT2D eigenvalue weighted by molar-refractivity contribution is 7.89. The normalized spacial score (nSPS) is 16.6. The van der Waals surface area contributed by atoms with Gasteiger partial charge in [-0.25, -0.2) is 8.42 Å². The van der Waals surface area contributed by atoms with Crippen LogP contribution in [0.4, 0.5) is 0 Å². The zero-order valence-corrected chi connectivity index (χ0v) is 20.7. The lowest BCUT2D eigenvalue weighted by Crippen LogP contribution is -2.38. The first kappa shape index (κ1) is 24.3. The molecule has 1 saturated heterocycles. The number of methoxy groups -OCH3 is 1. The van der Waals surface area contributed by atoms with Crippen molar-refractivity contribution < 1.29 is 17.9 Å². The number of hydrogen-bond donors (Lipinski definition) is 1. The maximum atomic E-state index is 13.2. The molecule has 1 heterocycles. The average molecular weight is 459 g/mol. The van der Waals surface area contributed by atoms with E-state index in [2.05, 4.69) is 31.3 Å². The van der Waals surface area contributed by atoms with Crippen LogP contribution in [0.1, 0.15) is 65.3 Å². The summed E-state index contributed by atoms with van der Waals surface area (Å²) in [6, 6.07) is 8.46. The zero-order chi connectivity index (χ0) is 23.6. The van der Waals surface area contributed by atoms with Gasteiger partial charge in [-0.3, -0.25) is 4.79 Å². The molecule has 1 amide bonds. The Morgan fingerprint density at radius 3 is 2.31 bits per heavy atom. The van der Waals surface area contributed by atoms with Crippen molar-refractivity contribution in [3.8, 4) is 5.75 Å². The zero-order valence-electron chi connectivity index (χ0n) is 19.9. The molecule has 0 aromatic heterocycles. The molecule has 1 aliphatic heterocycles. The van der Waals surface area contributed by atoms with Gasteiger partial charge in [0.15, 0.2) is 0 Å². The number of carbonyl (C=O) groups is 1. The fraction of sp³-hybridized carbons (Fsp3) is 0.480. The highest BCUT2D eigenvalue weighted by Crippen LogP contribution is 2.28.